The number of hydrogen-bond acceptors (Lipinski definition) is 4. The first-order valence-electron chi connectivity index (χ1n) is 9.58. The van der Waals surface area contributed by atoms with Gasteiger partial charge in [-0.25, -0.2) is 0 Å². The first-order chi connectivity index (χ1) is 12.7. The lowest BCUT2D eigenvalue weighted by molar-refractivity contribution is 0.0793. The van der Waals surface area contributed by atoms with Gasteiger partial charge in [-0.15, -0.1) is 24.0 Å². The van der Waals surface area contributed by atoms with E-state index in [1.165, 1.54) is 0 Å². The number of guanidine groups is 1. The van der Waals surface area contributed by atoms with Gasteiger partial charge in [-0.05, 0) is 37.7 Å². The van der Waals surface area contributed by atoms with Gasteiger partial charge in [-0.2, -0.15) is 11.8 Å². The van der Waals surface area contributed by atoms with E-state index in [0.717, 1.165) is 63.2 Å². The molecule has 1 aromatic carbocycles. The number of halogens is 1. The standard InChI is InChI=1S/C20H33N3O2S.HI/c1-4-21-19(22-17-20(26-5-2)11-14-24-15-12-20)23(3)13-16-25-18-9-7-6-8-10-18;/h6-10H,4-5,11-17H2,1-3H3,(H,21,22);1H. The molecule has 0 unspecified atom stereocenters. The Labute approximate surface area is 185 Å². The zero-order valence-corrected chi connectivity index (χ0v) is 19.9. The molecule has 0 radical (unpaired) electrons. The summed E-state index contributed by atoms with van der Waals surface area (Å²) in [7, 11) is 2.07. The van der Waals surface area contributed by atoms with Crippen molar-refractivity contribution >= 4 is 41.7 Å². The topological polar surface area (TPSA) is 46.1 Å². The van der Waals surface area contributed by atoms with Gasteiger partial charge in [-0.1, -0.05) is 25.1 Å². The Hall–Kier alpha value is -0.670. The predicted octanol–water partition coefficient (Wildman–Crippen LogP) is 3.88. The van der Waals surface area contributed by atoms with E-state index in [9.17, 15) is 0 Å². The van der Waals surface area contributed by atoms with Crippen LogP contribution >= 0.6 is 35.7 Å². The first kappa shape index (κ1) is 24.4. The van der Waals surface area contributed by atoms with Crippen LogP contribution in [0.4, 0.5) is 0 Å². The monoisotopic (exact) mass is 507 g/mol. The number of hydrogen-bond donors (Lipinski definition) is 1. The van der Waals surface area contributed by atoms with Crippen molar-refractivity contribution in [2.24, 2.45) is 4.99 Å². The summed E-state index contributed by atoms with van der Waals surface area (Å²) in [5.41, 5.74) is 0. The number of nitrogens with zero attached hydrogens (tertiary/aromatic N) is 2. The number of likely N-dealkylation sites (N-methyl/N-ethyl adjacent to an activating group) is 1. The second-order valence-corrected chi connectivity index (χ2v) is 8.21. The third-order valence-electron chi connectivity index (χ3n) is 4.51. The van der Waals surface area contributed by atoms with Crippen molar-refractivity contribution in [1.82, 2.24) is 10.2 Å². The van der Waals surface area contributed by atoms with Gasteiger partial charge in [0.05, 0.1) is 13.1 Å². The molecule has 0 saturated carbocycles. The zero-order valence-electron chi connectivity index (χ0n) is 16.8. The predicted molar refractivity (Wildman–Crippen MR) is 127 cm³/mol. The van der Waals surface area contributed by atoms with Gasteiger partial charge in [0.1, 0.15) is 12.4 Å². The third-order valence-corrected chi connectivity index (χ3v) is 5.95. The van der Waals surface area contributed by atoms with Crippen LogP contribution in [0.3, 0.4) is 0 Å². The minimum Gasteiger partial charge on any atom is -0.492 e. The Morgan fingerprint density at radius 2 is 1.96 bits per heavy atom. The van der Waals surface area contributed by atoms with Crippen molar-refractivity contribution < 1.29 is 9.47 Å². The fourth-order valence-corrected chi connectivity index (χ4v) is 4.23. The van der Waals surface area contributed by atoms with Crippen LogP contribution in [-0.2, 0) is 4.74 Å². The van der Waals surface area contributed by atoms with E-state index >= 15 is 0 Å². The largest absolute Gasteiger partial charge is 0.492 e. The maximum atomic E-state index is 5.81. The molecule has 1 aliphatic heterocycles. The van der Waals surface area contributed by atoms with Gasteiger partial charge in [0.2, 0.25) is 0 Å². The lowest BCUT2D eigenvalue weighted by atomic mass is 9.99. The van der Waals surface area contributed by atoms with Crippen molar-refractivity contribution in [2.75, 3.05) is 52.3 Å². The van der Waals surface area contributed by atoms with Crippen molar-refractivity contribution in [3.63, 3.8) is 0 Å². The molecule has 1 heterocycles. The van der Waals surface area contributed by atoms with Crippen molar-refractivity contribution in [2.45, 2.75) is 31.4 Å². The summed E-state index contributed by atoms with van der Waals surface area (Å²) in [5, 5.41) is 3.41. The van der Waals surface area contributed by atoms with E-state index in [4.69, 9.17) is 14.5 Å². The van der Waals surface area contributed by atoms with Gasteiger partial charge >= 0.3 is 0 Å². The van der Waals surface area contributed by atoms with E-state index in [-0.39, 0.29) is 28.7 Å². The summed E-state index contributed by atoms with van der Waals surface area (Å²) in [6.45, 7) is 9.14. The minimum absolute atomic E-state index is 0. The van der Waals surface area contributed by atoms with Gasteiger partial charge in [-0.3, -0.25) is 4.99 Å². The fraction of sp³-hybridized carbons (Fsp3) is 0.650. The maximum Gasteiger partial charge on any atom is 0.193 e. The van der Waals surface area contributed by atoms with Gasteiger partial charge in [0.25, 0.3) is 0 Å². The van der Waals surface area contributed by atoms with E-state index in [1.54, 1.807) is 0 Å². The molecule has 0 bridgehead atoms. The Morgan fingerprint density at radius 1 is 1.26 bits per heavy atom. The molecule has 1 aromatic rings. The summed E-state index contributed by atoms with van der Waals surface area (Å²) in [5.74, 6) is 2.97. The number of aliphatic imine (C=N–C) groups is 1. The van der Waals surface area contributed by atoms with E-state index < -0.39 is 0 Å². The molecule has 0 amide bonds. The molecule has 1 fully saturated rings. The number of nitrogens with one attached hydrogen (secondary N) is 1. The summed E-state index contributed by atoms with van der Waals surface area (Å²) in [4.78, 5) is 7.10. The van der Waals surface area contributed by atoms with Crippen LogP contribution in [0.15, 0.2) is 35.3 Å². The molecule has 1 aliphatic rings. The number of rotatable bonds is 9. The van der Waals surface area contributed by atoms with Crippen LogP contribution in [0, 0.1) is 0 Å². The first-order valence-corrected chi connectivity index (χ1v) is 10.6. The van der Waals surface area contributed by atoms with Crippen LogP contribution in [-0.4, -0.2) is 67.9 Å². The van der Waals surface area contributed by atoms with Crippen LogP contribution in [0.2, 0.25) is 0 Å². The molecule has 154 valence electrons. The Morgan fingerprint density at radius 3 is 2.59 bits per heavy atom. The fourth-order valence-electron chi connectivity index (χ4n) is 3.01. The number of para-hydroxylation sites is 1. The Bertz CT molecular complexity index is 534. The molecular formula is C20H34IN3O2S. The van der Waals surface area contributed by atoms with Gasteiger partial charge in [0.15, 0.2) is 5.96 Å². The molecule has 1 saturated heterocycles. The second-order valence-electron chi connectivity index (χ2n) is 6.48. The van der Waals surface area contributed by atoms with Crippen molar-refractivity contribution in [3.8, 4) is 5.75 Å². The lowest BCUT2D eigenvalue weighted by Crippen LogP contribution is -2.43. The lowest BCUT2D eigenvalue weighted by Gasteiger charge is -2.35. The number of ether oxygens (including phenoxy) is 2. The smallest absolute Gasteiger partial charge is 0.193 e. The normalized spacial score (nSPS) is 16.3. The summed E-state index contributed by atoms with van der Waals surface area (Å²) < 4.78 is 11.6. The highest BCUT2D eigenvalue weighted by atomic mass is 127. The number of thioether (sulfide) groups is 1. The molecule has 7 heteroatoms. The molecular weight excluding hydrogens is 473 g/mol. The minimum atomic E-state index is 0. The van der Waals surface area contributed by atoms with Crippen LogP contribution in [0.1, 0.15) is 26.7 Å². The molecule has 2 rings (SSSR count). The second kappa shape index (κ2) is 13.5. The van der Waals surface area contributed by atoms with Crippen LogP contribution in [0.25, 0.3) is 0 Å². The Balaban J connectivity index is 0.00000364. The quantitative estimate of drug-likeness (QED) is 0.312. The van der Waals surface area contributed by atoms with E-state index in [0.29, 0.717) is 6.61 Å². The van der Waals surface area contributed by atoms with E-state index in [2.05, 4.69) is 31.1 Å². The van der Waals surface area contributed by atoms with Crippen molar-refractivity contribution in [1.29, 1.82) is 0 Å². The van der Waals surface area contributed by atoms with Crippen LogP contribution < -0.4 is 10.1 Å². The average Bonchev–Trinajstić information content (AvgIpc) is 2.67. The maximum absolute atomic E-state index is 5.81. The molecule has 1 N–H and O–H groups in total. The molecule has 5 nitrogen and oxygen atoms in total. The molecule has 0 spiro atoms. The highest BCUT2D eigenvalue weighted by molar-refractivity contribution is 14.0. The molecule has 27 heavy (non-hydrogen) atoms. The summed E-state index contributed by atoms with van der Waals surface area (Å²) in [6.07, 6.45) is 2.16. The Kier molecular flexibility index (Phi) is 12.2. The summed E-state index contributed by atoms with van der Waals surface area (Å²) >= 11 is 2.03. The highest BCUT2D eigenvalue weighted by Crippen LogP contribution is 2.35. The molecule has 0 aliphatic carbocycles. The SMILES string of the molecule is CCNC(=NCC1(SCC)CCOCC1)N(C)CCOc1ccccc1.I. The summed E-state index contributed by atoms with van der Waals surface area (Å²) in [6, 6.07) is 9.94. The average molecular weight is 507 g/mol. The van der Waals surface area contributed by atoms with Crippen LogP contribution in [0.5, 0.6) is 5.75 Å². The zero-order chi connectivity index (χ0) is 18.7. The van der Waals surface area contributed by atoms with Crippen molar-refractivity contribution in [3.05, 3.63) is 30.3 Å². The molecule has 0 atom stereocenters. The molecule has 0 aromatic heterocycles. The van der Waals surface area contributed by atoms with Gasteiger partial charge in [0, 0.05) is 31.6 Å². The third kappa shape index (κ3) is 8.48. The van der Waals surface area contributed by atoms with Gasteiger partial charge < -0.3 is 19.7 Å². The highest BCUT2D eigenvalue weighted by Gasteiger charge is 2.32. The van der Waals surface area contributed by atoms with E-state index in [1.807, 2.05) is 42.1 Å². The number of benzene rings is 1.